The highest BCUT2D eigenvalue weighted by Gasteiger charge is 2.35. The third-order valence-electron chi connectivity index (χ3n) is 9.96. The highest BCUT2D eigenvalue weighted by Crippen LogP contribution is 2.14. The van der Waals surface area contributed by atoms with Crippen molar-refractivity contribution in [3.05, 3.63) is 83.9 Å². The van der Waals surface area contributed by atoms with Gasteiger partial charge in [-0.15, -0.1) is 0 Å². The number of imidazole rings is 1. The van der Waals surface area contributed by atoms with Crippen LogP contribution in [-0.2, 0) is 67.2 Å². The van der Waals surface area contributed by atoms with Crippen molar-refractivity contribution in [2.75, 3.05) is 6.61 Å². The third-order valence-corrected chi connectivity index (χ3v) is 9.96. The van der Waals surface area contributed by atoms with Crippen molar-refractivity contribution >= 4 is 59.2 Å². The zero-order valence-electron chi connectivity index (χ0n) is 34.7. The average molecular weight is 907 g/mol. The predicted molar refractivity (Wildman–Crippen MR) is 222 cm³/mol. The number of carboxylic acids is 2. The maximum atomic E-state index is 14.1. The molecule has 1 aliphatic heterocycles. The molecule has 2 aromatic carbocycles. The molecule has 0 aliphatic carbocycles. The van der Waals surface area contributed by atoms with E-state index in [1.54, 1.807) is 30.3 Å². The van der Waals surface area contributed by atoms with E-state index in [9.17, 15) is 68.4 Å². The number of nitrogens with one attached hydrogen (secondary N) is 8. The van der Waals surface area contributed by atoms with Gasteiger partial charge >= 0.3 is 11.9 Å². The Bertz CT molecular complexity index is 2190. The summed E-state index contributed by atoms with van der Waals surface area (Å²) in [5.74, 6) is -11.8. The molecule has 348 valence electrons. The summed E-state index contributed by atoms with van der Waals surface area (Å²) in [4.78, 5) is 139. The van der Waals surface area contributed by atoms with E-state index >= 15 is 0 Å². The lowest BCUT2D eigenvalue weighted by molar-refractivity contribution is -0.142. The first-order chi connectivity index (χ1) is 30.9. The smallest absolute Gasteiger partial charge is 0.326 e. The molecule has 8 amide bonds. The van der Waals surface area contributed by atoms with E-state index in [2.05, 4.69) is 47.2 Å². The average Bonchev–Trinajstić information content (AvgIpc) is 3.78. The van der Waals surface area contributed by atoms with Gasteiger partial charge in [-0.1, -0.05) is 42.5 Å². The summed E-state index contributed by atoms with van der Waals surface area (Å²) in [7, 11) is 0. The normalized spacial score (nSPS) is 23.3. The lowest BCUT2D eigenvalue weighted by atomic mass is 10.0. The number of aliphatic hydroxyl groups excluding tert-OH is 1. The maximum absolute atomic E-state index is 14.1. The minimum atomic E-state index is -1.85. The molecule has 24 heteroatoms. The van der Waals surface area contributed by atoms with Crippen molar-refractivity contribution in [1.82, 2.24) is 47.2 Å². The molecule has 1 fully saturated rings. The van der Waals surface area contributed by atoms with Gasteiger partial charge in [0, 0.05) is 44.0 Å². The SMILES string of the molecule is NC(=O)C[C@@H]1NC(=O)[C@H](Cc2ccccc2)NC(=O)[C@H](Cc2cnc[nH]2)NC(=O)[C@H](CO)NC(=O)CC[C@@H](C(=O)O)NC(=O)[C@H](Cc2ccc(O)cc2)NC(=O)[C@H](CCC(=O)O)NC1=O. The zero-order valence-corrected chi connectivity index (χ0v) is 34.7. The first-order valence-electron chi connectivity index (χ1n) is 20.2. The second kappa shape index (κ2) is 24.1. The maximum Gasteiger partial charge on any atom is 0.326 e. The molecule has 0 spiro atoms. The minimum Gasteiger partial charge on any atom is -0.508 e. The van der Waals surface area contributed by atoms with Gasteiger partial charge in [-0.2, -0.15) is 0 Å². The Labute approximate surface area is 369 Å². The Kier molecular flexibility index (Phi) is 18.4. The molecule has 1 saturated heterocycles. The van der Waals surface area contributed by atoms with E-state index < -0.39 is 140 Å². The summed E-state index contributed by atoms with van der Waals surface area (Å²) in [6, 6.07) is 1.70. The van der Waals surface area contributed by atoms with Crippen LogP contribution in [0.3, 0.4) is 0 Å². The first kappa shape index (κ1) is 49.8. The molecule has 1 aliphatic rings. The molecule has 7 atom stereocenters. The van der Waals surface area contributed by atoms with Gasteiger partial charge in [-0.3, -0.25) is 43.2 Å². The number of nitrogens with two attached hydrogens (primary N) is 1. The van der Waals surface area contributed by atoms with Crippen molar-refractivity contribution in [3.8, 4) is 5.75 Å². The van der Waals surface area contributed by atoms with Gasteiger partial charge in [0.2, 0.25) is 47.3 Å². The molecule has 0 unspecified atom stereocenters. The lowest BCUT2D eigenvalue weighted by Crippen LogP contribution is -2.61. The summed E-state index contributed by atoms with van der Waals surface area (Å²) in [6.45, 7) is -0.997. The standard InChI is InChI=1S/C41H50N10O14/c42-32(54)17-30-39(62)46-25(11-13-34(56)57)35(58)48-28(15-22-6-8-24(53)9-7-22)36(59)47-26(41(64)65)10-12-33(55)45-31(19-52)40(63)50-29(16-23-18-43-20-44-23)38(61)49-27(37(60)51-30)14-21-4-2-1-3-5-21/h1-9,18,20,25-31,52-53H,10-17,19H2,(H2,42,54)(H,43,44)(H,45,55)(H,46,62)(H,47,59)(H,48,58)(H,49,61)(H,50,63)(H,51,60)(H,56,57)(H,64,65)/t25-,26-,27-,28-,29-,30-,31-/m0/s1. The van der Waals surface area contributed by atoms with Gasteiger partial charge in [0.25, 0.3) is 0 Å². The number of rotatable bonds is 13. The van der Waals surface area contributed by atoms with Gasteiger partial charge in [0.05, 0.1) is 19.4 Å². The van der Waals surface area contributed by atoms with Crippen LogP contribution in [0.5, 0.6) is 5.75 Å². The number of aliphatic hydroxyl groups is 1. The molecule has 4 rings (SSSR count). The molecule has 65 heavy (non-hydrogen) atoms. The van der Waals surface area contributed by atoms with Gasteiger partial charge < -0.3 is 68.4 Å². The fourth-order valence-electron chi connectivity index (χ4n) is 6.54. The number of carbonyl (C=O) groups is 10. The number of primary amides is 1. The molecule has 0 bridgehead atoms. The number of carboxylic acid groups (broad SMARTS) is 2. The molecule has 3 aromatic rings. The van der Waals surface area contributed by atoms with Crippen molar-refractivity contribution in [2.24, 2.45) is 5.73 Å². The number of aromatic nitrogens is 2. The second-order valence-electron chi connectivity index (χ2n) is 15.0. The molecule has 0 radical (unpaired) electrons. The van der Waals surface area contributed by atoms with Crippen LogP contribution in [0.15, 0.2) is 67.1 Å². The second-order valence-corrected chi connectivity index (χ2v) is 15.0. The fourth-order valence-corrected chi connectivity index (χ4v) is 6.54. The summed E-state index contributed by atoms with van der Waals surface area (Å²) in [6.07, 6.45) is -1.64. The lowest BCUT2D eigenvalue weighted by Gasteiger charge is -2.27. The van der Waals surface area contributed by atoms with E-state index in [0.29, 0.717) is 16.8 Å². The van der Waals surface area contributed by atoms with Crippen molar-refractivity contribution < 1.29 is 68.4 Å². The number of nitrogens with zero attached hydrogens (tertiary/aromatic N) is 1. The van der Waals surface area contributed by atoms with Crippen molar-refractivity contribution in [1.29, 1.82) is 0 Å². The summed E-state index contributed by atoms with van der Waals surface area (Å²) in [5, 5.41) is 55.9. The van der Waals surface area contributed by atoms with E-state index in [1.165, 1.54) is 36.8 Å². The summed E-state index contributed by atoms with van der Waals surface area (Å²) >= 11 is 0. The van der Waals surface area contributed by atoms with Gasteiger partial charge in [0.15, 0.2) is 0 Å². The predicted octanol–water partition coefficient (Wildman–Crippen LogP) is -3.85. The van der Waals surface area contributed by atoms with Crippen LogP contribution in [0, 0.1) is 0 Å². The number of H-pyrrole nitrogens is 1. The number of carbonyl (C=O) groups excluding carboxylic acids is 8. The molecular weight excluding hydrogens is 857 g/mol. The van der Waals surface area contributed by atoms with Crippen molar-refractivity contribution in [2.45, 2.75) is 93.7 Å². The number of benzene rings is 2. The van der Waals surface area contributed by atoms with E-state index in [0.717, 1.165) is 0 Å². The summed E-state index contributed by atoms with van der Waals surface area (Å²) < 4.78 is 0. The monoisotopic (exact) mass is 906 g/mol. The summed E-state index contributed by atoms with van der Waals surface area (Å²) in [5.41, 5.74) is 6.61. The molecule has 2 heterocycles. The van der Waals surface area contributed by atoms with Crippen molar-refractivity contribution in [3.63, 3.8) is 0 Å². The minimum absolute atomic E-state index is 0.151. The van der Waals surface area contributed by atoms with Crippen LogP contribution in [-0.4, -0.2) is 138 Å². The largest absolute Gasteiger partial charge is 0.508 e. The third kappa shape index (κ3) is 16.1. The Morgan fingerprint density at radius 2 is 1.14 bits per heavy atom. The molecule has 0 saturated carbocycles. The number of hydrogen-bond donors (Lipinski definition) is 13. The van der Waals surface area contributed by atoms with Crippen LogP contribution in [0.1, 0.15) is 48.9 Å². The Hall–Kier alpha value is -7.89. The Morgan fingerprint density at radius 3 is 1.68 bits per heavy atom. The highest BCUT2D eigenvalue weighted by atomic mass is 16.4. The van der Waals surface area contributed by atoms with E-state index in [-0.39, 0.29) is 25.0 Å². The Balaban J connectivity index is 1.79. The molecule has 1 aromatic heterocycles. The van der Waals surface area contributed by atoms with E-state index in [1.807, 2.05) is 0 Å². The quantitative estimate of drug-likeness (QED) is 0.0781. The van der Waals surface area contributed by atoms with Crippen LogP contribution >= 0.6 is 0 Å². The number of phenolic OH excluding ortho intramolecular Hbond substituents is 1. The first-order valence-corrected chi connectivity index (χ1v) is 20.2. The number of aromatic amines is 1. The van der Waals surface area contributed by atoms with Gasteiger partial charge in [-0.05, 0) is 36.1 Å². The van der Waals surface area contributed by atoms with Gasteiger partial charge in [-0.25, -0.2) is 9.78 Å². The Morgan fingerprint density at radius 1 is 0.631 bits per heavy atom. The van der Waals surface area contributed by atoms with E-state index in [4.69, 9.17) is 5.73 Å². The molecule has 24 nitrogen and oxygen atoms in total. The van der Waals surface area contributed by atoms with Gasteiger partial charge in [0.1, 0.15) is 48.0 Å². The molecule has 14 N–H and O–H groups in total. The fraction of sp³-hybridized carbons (Fsp3) is 0.390. The number of aromatic hydroxyl groups is 1. The topological polar surface area (TPSA) is 391 Å². The molecular formula is C41H50N10O14. The van der Waals surface area contributed by atoms with Crippen LogP contribution in [0.25, 0.3) is 0 Å². The highest BCUT2D eigenvalue weighted by molar-refractivity contribution is 5.99. The number of amides is 8. The zero-order chi connectivity index (χ0) is 47.6. The van der Waals surface area contributed by atoms with Crippen LogP contribution in [0.2, 0.25) is 0 Å². The number of hydrogen-bond acceptors (Lipinski definition) is 13. The number of phenols is 1. The van der Waals surface area contributed by atoms with Crippen LogP contribution < -0.4 is 43.0 Å². The van der Waals surface area contributed by atoms with Crippen LogP contribution in [0.4, 0.5) is 0 Å². The number of aliphatic carboxylic acids is 2.